The Bertz CT molecular complexity index is 331. The Morgan fingerprint density at radius 1 is 1.79 bits per heavy atom. The molecule has 2 rings (SSSR count). The molecule has 0 saturated carbocycles. The van der Waals surface area contributed by atoms with Gasteiger partial charge in [-0.15, -0.1) is 11.3 Å². The van der Waals surface area contributed by atoms with Crippen molar-refractivity contribution in [3.05, 3.63) is 16.1 Å². The maximum atomic E-state index is 11.1. The van der Waals surface area contributed by atoms with Crippen LogP contribution in [0.25, 0.3) is 0 Å². The maximum Gasteiger partial charge on any atom is 0.171 e. The number of aromatic nitrogens is 1. The molecular formula is C9H12N2O2S. The highest BCUT2D eigenvalue weighted by Crippen LogP contribution is 2.23. The van der Waals surface area contributed by atoms with E-state index in [4.69, 9.17) is 4.74 Å². The summed E-state index contributed by atoms with van der Waals surface area (Å²) in [5, 5.41) is 4.12. The van der Waals surface area contributed by atoms with Crippen LogP contribution in [0.5, 0.6) is 0 Å². The molecule has 1 aromatic rings. The number of Topliss-reactive ketones (excluding diaryl/α,β-unsaturated/α-hetero) is 1. The molecule has 0 aromatic carbocycles. The molecule has 1 aromatic heterocycles. The fraction of sp³-hybridized carbons (Fsp3) is 0.556. The van der Waals surface area contributed by atoms with E-state index in [9.17, 15) is 4.79 Å². The van der Waals surface area contributed by atoms with Crippen LogP contribution < -0.4 is 5.32 Å². The fourth-order valence-corrected chi connectivity index (χ4v) is 2.19. The molecule has 4 nitrogen and oxygen atoms in total. The number of hydrogen-bond donors (Lipinski definition) is 1. The van der Waals surface area contributed by atoms with Gasteiger partial charge in [-0.05, 0) is 0 Å². The van der Waals surface area contributed by atoms with Gasteiger partial charge in [0.05, 0.1) is 11.5 Å². The summed E-state index contributed by atoms with van der Waals surface area (Å²) in [4.78, 5) is 16.0. The highest BCUT2D eigenvalue weighted by atomic mass is 32.1. The molecule has 1 N–H and O–H groups in total. The van der Waals surface area contributed by atoms with Gasteiger partial charge in [0, 0.05) is 26.2 Å². The van der Waals surface area contributed by atoms with Crippen molar-refractivity contribution in [2.75, 3.05) is 19.7 Å². The van der Waals surface area contributed by atoms with Crippen LogP contribution in [-0.2, 0) is 4.74 Å². The van der Waals surface area contributed by atoms with Gasteiger partial charge in [0.1, 0.15) is 11.1 Å². The van der Waals surface area contributed by atoms with Gasteiger partial charge in [0.15, 0.2) is 5.78 Å². The summed E-state index contributed by atoms with van der Waals surface area (Å²) in [5.74, 6) is 0.0671. The SMILES string of the molecule is CC(=O)c1cnc(C2CNCCO2)s1. The van der Waals surface area contributed by atoms with Crippen LogP contribution in [-0.4, -0.2) is 30.5 Å². The second-order valence-corrected chi connectivity index (χ2v) is 4.24. The van der Waals surface area contributed by atoms with E-state index in [1.165, 1.54) is 11.3 Å². The predicted molar refractivity (Wildman–Crippen MR) is 53.7 cm³/mol. The Kier molecular flexibility index (Phi) is 2.90. The van der Waals surface area contributed by atoms with Crippen LogP contribution in [0, 0.1) is 0 Å². The summed E-state index contributed by atoms with van der Waals surface area (Å²) in [7, 11) is 0. The molecule has 1 fully saturated rings. The summed E-state index contributed by atoms with van der Waals surface area (Å²) >= 11 is 1.42. The minimum Gasteiger partial charge on any atom is -0.368 e. The molecule has 1 aliphatic heterocycles. The smallest absolute Gasteiger partial charge is 0.171 e. The van der Waals surface area contributed by atoms with Crippen molar-refractivity contribution in [2.24, 2.45) is 0 Å². The number of nitrogens with one attached hydrogen (secondary N) is 1. The van der Waals surface area contributed by atoms with Gasteiger partial charge in [-0.1, -0.05) is 0 Å². The van der Waals surface area contributed by atoms with Crippen molar-refractivity contribution in [1.82, 2.24) is 10.3 Å². The highest BCUT2D eigenvalue weighted by Gasteiger charge is 2.19. The second kappa shape index (κ2) is 4.16. The third-order valence-corrected chi connectivity index (χ3v) is 3.26. The van der Waals surface area contributed by atoms with Crippen LogP contribution in [0.3, 0.4) is 0 Å². The molecule has 0 amide bonds. The Balaban J connectivity index is 2.11. The van der Waals surface area contributed by atoms with Crippen molar-refractivity contribution < 1.29 is 9.53 Å². The molecule has 14 heavy (non-hydrogen) atoms. The zero-order chi connectivity index (χ0) is 9.97. The standard InChI is InChI=1S/C9H12N2O2S/c1-6(12)8-5-11-9(14-8)7-4-10-2-3-13-7/h5,7,10H,2-4H2,1H3. The summed E-state index contributed by atoms with van der Waals surface area (Å²) in [5.41, 5.74) is 0. The number of carbonyl (C=O) groups excluding carboxylic acids is 1. The van der Waals surface area contributed by atoms with E-state index < -0.39 is 0 Å². The summed E-state index contributed by atoms with van der Waals surface area (Å²) < 4.78 is 5.53. The minimum atomic E-state index is 0.0156. The zero-order valence-electron chi connectivity index (χ0n) is 7.95. The molecule has 1 saturated heterocycles. The molecule has 1 unspecified atom stereocenters. The molecule has 0 radical (unpaired) electrons. The van der Waals surface area contributed by atoms with E-state index >= 15 is 0 Å². The van der Waals surface area contributed by atoms with E-state index in [-0.39, 0.29) is 11.9 Å². The molecular weight excluding hydrogens is 200 g/mol. The van der Waals surface area contributed by atoms with Gasteiger partial charge < -0.3 is 10.1 Å². The van der Waals surface area contributed by atoms with E-state index in [0.717, 1.165) is 18.1 Å². The first-order valence-electron chi connectivity index (χ1n) is 4.56. The summed E-state index contributed by atoms with van der Waals surface area (Å²) in [6.45, 7) is 3.93. The van der Waals surface area contributed by atoms with E-state index in [0.29, 0.717) is 11.5 Å². The quantitative estimate of drug-likeness (QED) is 0.743. The normalized spacial score (nSPS) is 22.2. The number of hydrogen-bond acceptors (Lipinski definition) is 5. The predicted octanol–water partition coefficient (Wildman–Crippen LogP) is 1.01. The number of ketones is 1. The lowest BCUT2D eigenvalue weighted by Crippen LogP contribution is -2.33. The molecule has 5 heteroatoms. The number of carbonyl (C=O) groups is 1. The lowest BCUT2D eigenvalue weighted by molar-refractivity contribution is 0.0275. The Hall–Kier alpha value is -0.780. The van der Waals surface area contributed by atoms with Crippen molar-refractivity contribution in [2.45, 2.75) is 13.0 Å². The second-order valence-electron chi connectivity index (χ2n) is 3.18. The number of ether oxygens (including phenoxy) is 1. The minimum absolute atomic E-state index is 0.0156. The number of nitrogens with zero attached hydrogens (tertiary/aromatic N) is 1. The largest absolute Gasteiger partial charge is 0.368 e. The number of thiazole rings is 1. The van der Waals surface area contributed by atoms with Gasteiger partial charge >= 0.3 is 0 Å². The third kappa shape index (κ3) is 2.00. The van der Waals surface area contributed by atoms with Crippen LogP contribution >= 0.6 is 11.3 Å². The van der Waals surface area contributed by atoms with Gasteiger partial charge in [-0.2, -0.15) is 0 Å². The first-order valence-corrected chi connectivity index (χ1v) is 5.38. The van der Waals surface area contributed by atoms with Crippen LogP contribution in [0.4, 0.5) is 0 Å². The molecule has 0 bridgehead atoms. The topological polar surface area (TPSA) is 51.2 Å². The third-order valence-electron chi connectivity index (χ3n) is 2.07. The van der Waals surface area contributed by atoms with Crippen LogP contribution in [0.2, 0.25) is 0 Å². The molecule has 0 aliphatic carbocycles. The molecule has 2 heterocycles. The monoisotopic (exact) mass is 212 g/mol. The van der Waals surface area contributed by atoms with Gasteiger partial charge in [0.25, 0.3) is 0 Å². The fourth-order valence-electron chi connectivity index (χ4n) is 1.32. The Morgan fingerprint density at radius 2 is 2.64 bits per heavy atom. The van der Waals surface area contributed by atoms with Gasteiger partial charge in [-0.3, -0.25) is 4.79 Å². The lowest BCUT2D eigenvalue weighted by atomic mass is 10.3. The Labute approximate surface area is 86.3 Å². The molecule has 1 atom stereocenters. The lowest BCUT2D eigenvalue weighted by Gasteiger charge is -2.21. The molecule has 76 valence electrons. The van der Waals surface area contributed by atoms with E-state index in [1.807, 2.05) is 0 Å². The number of rotatable bonds is 2. The van der Waals surface area contributed by atoms with Crippen molar-refractivity contribution >= 4 is 17.1 Å². The van der Waals surface area contributed by atoms with Crippen LogP contribution in [0.1, 0.15) is 27.7 Å². The molecule has 0 spiro atoms. The highest BCUT2D eigenvalue weighted by molar-refractivity contribution is 7.13. The average Bonchev–Trinajstić information content (AvgIpc) is 2.68. The van der Waals surface area contributed by atoms with Gasteiger partial charge in [0.2, 0.25) is 0 Å². The van der Waals surface area contributed by atoms with Gasteiger partial charge in [-0.25, -0.2) is 4.98 Å². The first-order chi connectivity index (χ1) is 6.77. The first kappa shape index (κ1) is 9.76. The Morgan fingerprint density at radius 3 is 3.21 bits per heavy atom. The number of morpholine rings is 1. The van der Waals surface area contributed by atoms with Crippen molar-refractivity contribution in [3.63, 3.8) is 0 Å². The summed E-state index contributed by atoms with van der Waals surface area (Å²) in [6, 6.07) is 0. The van der Waals surface area contributed by atoms with Crippen LogP contribution in [0.15, 0.2) is 6.20 Å². The van der Waals surface area contributed by atoms with Crippen molar-refractivity contribution in [1.29, 1.82) is 0 Å². The van der Waals surface area contributed by atoms with Crippen molar-refractivity contribution in [3.8, 4) is 0 Å². The van der Waals surface area contributed by atoms with E-state index in [2.05, 4.69) is 10.3 Å². The molecule has 1 aliphatic rings. The average molecular weight is 212 g/mol. The maximum absolute atomic E-state index is 11.1. The summed E-state index contributed by atoms with van der Waals surface area (Å²) in [6.07, 6.45) is 1.64. The zero-order valence-corrected chi connectivity index (χ0v) is 8.76. The van der Waals surface area contributed by atoms with E-state index in [1.54, 1.807) is 13.1 Å².